The second kappa shape index (κ2) is 6.82. The van der Waals surface area contributed by atoms with E-state index in [0.29, 0.717) is 6.04 Å². The van der Waals surface area contributed by atoms with Crippen LogP contribution in [-0.2, 0) is 17.8 Å². The Kier molecular flexibility index (Phi) is 5.10. The molecule has 0 radical (unpaired) electrons. The second-order valence-corrected chi connectivity index (χ2v) is 4.50. The number of hydrogen-bond donors (Lipinski definition) is 1. The van der Waals surface area contributed by atoms with Crippen LogP contribution in [0.1, 0.15) is 19.7 Å². The number of likely N-dealkylation sites (N-methyl/N-ethyl adjacent to an activating group) is 1. The van der Waals surface area contributed by atoms with Gasteiger partial charge in [0.25, 0.3) is 0 Å². The highest BCUT2D eigenvalue weighted by Gasteiger charge is 2.23. The van der Waals surface area contributed by atoms with Gasteiger partial charge in [-0.15, -0.1) is 0 Å². The first kappa shape index (κ1) is 13.5. The van der Waals surface area contributed by atoms with Crippen LogP contribution < -0.4 is 5.32 Å². The standard InChI is InChI=1S/C12H23N5O/c1-3-13-7-11-9-18-6-5-16(11)8-12-14-10-15-17(12)4-2/h10-11,13H,3-9H2,1-2H3. The number of aryl methyl sites for hydroxylation is 1. The maximum Gasteiger partial charge on any atom is 0.141 e. The fraction of sp³-hybridized carbons (Fsp3) is 0.833. The summed E-state index contributed by atoms with van der Waals surface area (Å²) in [5.41, 5.74) is 0. The van der Waals surface area contributed by atoms with E-state index < -0.39 is 0 Å². The number of morpholine rings is 1. The first-order valence-electron chi connectivity index (χ1n) is 6.74. The van der Waals surface area contributed by atoms with E-state index >= 15 is 0 Å². The van der Waals surface area contributed by atoms with Crippen molar-refractivity contribution in [2.75, 3.05) is 32.8 Å². The third kappa shape index (κ3) is 3.28. The number of rotatable bonds is 6. The molecule has 0 aliphatic carbocycles. The van der Waals surface area contributed by atoms with Crippen molar-refractivity contribution in [3.8, 4) is 0 Å². The number of nitrogens with one attached hydrogen (secondary N) is 1. The molecular formula is C12H23N5O. The lowest BCUT2D eigenvalue weighted by Gasteiger charge is -2.35. The van der Waals surface area contributed by atoms with Crippen LogP contribution in [0.4, 0.5) is 0 Å². The van der Waals surface area contributed by atoms with Gasteiger partial charge in [0.2, 0.25) is 0 Å². The molecule has 0 aromatic carbocycles. The molecule has 1 atom stereocenters. The molecule has 102 valence electrons. The molecule has 2 rings (SSSR count). The highest BCUT2D eigenvalue weighted by molar-refractivity contribution is 4.88. The highest BCUT2D eigenvalue weighted by atomic mass is 16.5. The first-order chi connectivity index (χ1) is 8.85. The maximum absolute atomic E-state index is 5.56. The lowest BCUT2D eigenvalue weighted by atomic mass is 10.2. The van der Waals surface area contributed by atoms with E-state index in [1.54, 1.807) is 6.33 Å². The Balaban J connectivity index is 1.96. The minimum Gasteiger partial charge on any atom is -0.378 e. The van der Waals surface area contributed by atoms with Crippen LogP contribution in [-0.4, -0.2) is 58.6 Å². The normalized spacial score (nSPS) is 21.3. The van der Waals surface area contributed by atoms with E-state index in [9.17, 15) is 0 Å². The number of ether oxygens (including phenoxy) is 1. The molecule has 2 heterocycles. The Bertz CT molecular complexity index is 354. The van der Waals surface area contributed by atoms with Crippen molar-refractivity contribution in [1.29, 1.82) is 0 Å². The molecule has 1 aromatic heterocycles. The molecule has 0 spiro atoms. The van der Waals surface area contributed by atoms with Crippen LogP contribution in [0.3, 0.4) is 0 Å². The predicted octanol–water partition coefficient (Wildman–Crippen LogP) is 0.108. The summed E-state index contributed by atoms with van der Waals surface area (Å²) in [4.78, 5) is 6.78. The maximum atomic E-state index is 5.56. The fourth-order valence-corrected chi connectivity index (χ4v) is 2.25. The zero-order valence-corrected chi connectivity index (χ0v) is 11.3. The Morgan fingerprint density at radius 2 is 2.39 bits per heavy atom. The van der Waals surface area contributed by atoms with Crippen molar-refractivity contribution in [3.63, 3.8) is 0 Å². The molecule has 1 saturated heterocycles. The second-order valence-electron chi connectivity index (χ2n) is 4.50. The third-order valence-electron chi connectivity index (χ3n) is 3.32. The molecule has 1 fully saturated rings. The average Bonchev–Trinajstić information content (AvgIpc) is 2.85. The van der Waals surface area contributed by atoms with E-state index in [1.165, 1.54) is 0 Å². The lowest BCUT2D eigenvalue weighted by molar-refractivity contribution is -0.0124. The monoisotopic (exact) mass is 253 g/mol. The fourth-order valence-electron chi connectivity index (χ4n) is 2.25. The van der Waals surface area contributed by atoms with Crippen LogP contribution in [0.2, 0.25) is 0 Å². The first-order valence-corrected chi connectivity index (χ1v) is 6.74. The summed E-state index contributed by atoms with van der Waals surface area (Å²) in [5.74, 6) is 1.04. The topological polar surface area (TPSA) is 55.2 Å². The van der Waals surface area contributed by atoms with Gasteiger partial charge in [0.15, 0.2) is 0 Å². The summed E-state index contributed by atoms with van der Waals surface area (Å²) in [6.45, 7) is 10.5. The lowest BCUT2D eigenvalue weighted by Crippen LogP contribution is -2.50. The number of nitrogens with zero attached hydrogens (tertiary/aromatic N) is 4. The smallest absolute Gasteiger partial charge is 0.141 e. The molecule has 0 saturated carbocycles. The largest absolute Gasteiger partial charge is 0.378 e. The minimum absolute atomic E-state index is 0.431. The Morgan fingerprint density at radius 1 is 1.50 bits per heavy atom. The van der Waals surface area contributed by atoms with Gasteiger partial charge >= 0.3 is 0 Å². The van der Waals surface area contributed by atoms with Crippen LogP contribution >= 0.6 is 0 Å². The SMILES string of the molecule is CCNCC1COCCN1Cc1ncnn1CC. The molecule has 1 unspecified atom stereocenters. The van der Waals surface area contributed by atoms with Gasteiger partial charge in [0.05, 0.1) is 19.8 Å². The average molecular weight is 253 g/mol. The number of aromatic nitrogens is 3. The van der Waals surface area contributed by atoms with Crippen molar-refractivity contribution < 1.29 is 4.74 Å². The third-order valence-corrected chi connectivity index (χ3v) is 3.32. The summed E-state index contributed by atoms with van der Waals surface area (Å²) >= 11 is 0. The molecule has 0 bridgehead atoms. The summed E-state index contributed by atoms with van der Waals surface area (Å²) < 4.78 is 7.52. The molecule has 1 aliphatic heterocycles. The zero-order chi connectivity index (χ0) is 12.8. The summed E-state index contributed by atoms with van der Waals surface area (Å²) in [5, 5.41) is 7.61. The van der Waals surface area contributed by atoms with E-state index in [-0.39, 0.29) is 0 Å². The van der Waals surface area contributed by atoms with Crippen molar-refractivity contribution in [1.82, 2.24) is 25.0 Å². The van der Waals surface area contributed by atoms with Gasteiger partial charge in [-0.2, -0.15) is 5.10 Å². The van der Waals surface area contributed by atoms with Gasteiger partial charge in [-0.05, 0) is 13.5 Å². The van der Waals surface area contributed by atoms with Crippen molar-refractivity contribution in [3.05, 3.63) is 12.2 Å². The van der Waals surface area contributed by atoms with Gasteiger partial charge in [0.1, 0.15) is 12.2 Å². The Labute approximate surface area is 108 Å². The van der Waals surface area contributed by atoms with Crippen LogP contribution in [0.5, 0.6) is 0 Å². The van der Waals surface area contributed by atoms with Gasteiger partial charge in [0, 0.05) is 25.7 Å². The van der Waals surface area contributed by atoms with Crippen molar-refractivity contribution in [2.24, 2.45) is 0 Å². The minimum atomic E-state index is 0.431. The van der Waals surface area contributed by atoms with E-state index in [2.05, 4.69) is 34.1 Å². The molecule has 0 amide bonds. The highest BCUT2D eigenvalue weighted by Crippen LogP contribution is 2.10. The molecule has 1 aliphatic rings. The van der Waals surface area contributed by atoms with E-state index in [1.807, 2.05) is 4.68 Å². The van der Waals surface area contributed by atoms with Crippen molar-refractivity contribution >= 4 is 0 Å². The van der Waals surface area contributed by atoms with Gasteiger partial charge < -0.3 is 10.1 Å². The molecule has 1 aromatic rings. The van der Waals surface area contributed by atoms with Gasteiger partial charge in [-0.3, -0.25) is 4.90 Å². The van der Waals surface area contributed by atoms with Crippen LogP contribution in [0.15, 0.2) is 6.33 Å². The van der Waals surface area contributed by atoms with Crippen LogP contribution in [0, 0.1) is 0 Å². The summed E-state index contributed by atoms with van der Waals surface area (Å²) in [6.07, 6.45) is 1.64. The van der Waals surface area contributed by atoms with E-state index in [0.717, 1.165) is 51.8 Å². The quantitative estimate of drug-likeness (QED) is 0.780. The summed E-state index contributed by atoms with van der Waals surface area (Å²) in [6, 6.07) is 0.431. The van der Waals surface area contributed by atoms with Gasteiger partial charge in [-0.1, -0.05) is 6.92 Å². The Hall–Kier alpha value is -0.980. The summed E-state index contributed by atoms with van der Waals surface area (Å²) in [7, 11) is 0. The molecule has 6 heteroatoms. The molecule has 6 nitrogen and oxygen atoms in total. The predicted molar refractivity (Wildman–Crippen MR) is 69.3 cm³/mol. The van der Waals surface area contributed by atoms with Crippen LogP contribution in [0.25, 0.3) is 0 Å². The van der Waals surface area contributed by atoms with Crippen molar-refractivity contribution in [2.45, 2.75) is 33.0 Å². The zero-order valence-electron chi connectivity index (χ0n) is 11.3. The number of hydrogen-bond acceptors (Lipinski definition) is 5. The molecule has 18 heavy (non-hydrogen) atoms. The molecule has 1 N–H and O–H groups in total. The molecular weight excluding hydrogens is 230 g/mol. The van der Waals surface area contributed by atoms with E-state index in [4.69, 9.17) is 4.74 Å². The Morgan fingerprint density at radius 3 is 3.17 bits per heavy atom. The van der Waals surface area contributed by atoms with Gasteiger partial charge in [-0.25, -0.2) is 9.67 Å².